The number of carbonyl (C=O) groups is 1. The van der Waals surface area contributed by atoms with Gasteiger partial charge in [-0.2, -0.15) is 0 Å². The molecule has 1 heterocycles. The van der Waals surface area contributed by atoms with Crippen molar-refractivity contribution in [1.82, 2.24) is 0 Å². The molecule has 0 saturated heterocycles. The zero-order valence-electron chi connectivity index (χ0n) is 12.8. The summed E-state index contributed by atoms with van der Waals surface area (Å²) in [5.74, 6) is -0.0591. The summed E-state index contributed by atoms with van der Waals surface area (Å²) in [5, 5.41) is 10.8. The van der Waals surface area contributed by atoms with Gasteiger partial charge < -0.3 is 9.68 Å². The van der Waals surface area contributed by atoms with Crippen LogP contribution in [0.4, 0.5) is 0 Å². The molecule has 1 aliphatic heterocycles. The quantitative estimate of drug-likeness (QED) is 0.683. The van der Waals surface area contributed by atoms with Crippen molar-refractivity contribution in [3.05, 3.63) is 63.1 Å². The number of fused-ring (bicyclic) bond motifs is 1. The Balaban J connectivity index is 1.85. The van der Waals surface area contributed by atoms with E-state index in [2.05, 4.69) is 0 Å². The lowest BCUT2D eigenvalue weighted by molar-refractivity contribution is 0.0991. The number of Topliss-reactive ketones (excluding diaryl/α,β-unsaturated/α-hetero) is 1. The molecule has 118 valence electrons. The van der Waals surface area contributed by atoms with Crippen LogP contribution in [0.5, 0.6) is 0 Å². The average molecular weight is 349 g/mol. The summed E-state index contributed by atoms with van der Waals surface area (Å²) in [6, 6.07) is 10.5. The Bertz CT molecular complexity index is 789. The fraction of sp³-hybridized carbons (Fsp3) is 0.235. The molecule has 0 fully saturated rings. The molecular weight excluding hydrogens is 334 g/mol. The van der Waals surface area contributed by atoms with E-state index in [0.29, 0.717) is 15.6 Å². The molecule has 6 heteroatoms. The first-order valence-corrected chi connectivity index (χ1v) is 8.01. The van der Waals surface area contributed by atoms with Gasteiger partial charge in [-0.25, -0.2) is 0 Å². The van der Waals surface area contributed by atoms with E-state index in [1.165, 1.54) is 0 Å². The van der Waals surface area contributed by atoms with Crippen LogP contribution in [-0.4, -0.2) is 17.9 Å². The third-order valence-corrected chi connectivity index (χ3v) is 4.78. The maximum atomic E-state index is 12.4. The van der Waals surface area contributed by atoms with Gasteiger partial charge in [0.2, 0.25) is 0 Å². The smallest absolute Gasteiger partial charge is 0.423 e. The van der Waals surface area contributed by atoms with Gasteiger partial charge in [-0.1, -0.05) is 41.4 Å². The molecule has 2 aromatic rings. The van der Waals surface area contributed by atoms with Gasteiger partial charge in [-0.05, 0) is 48.6 Å². The average Bonchev–Trinajstić information content (AvgIpc) is 2.71. The molecule has 0 spiro atoms. The number of ketones is 1. The first kappa shape index (κ1) is 16.5. The fourth-order valence-corrected chi connectivity index (χ4v) is 3.14. The number of rotatable bonds is 3. The Labute approximate surface area is 145 Å². The summed E-state index contributed by atoms with van der Waals surface area (Å²) >= 11 is 11.8. The second-order valence-electron chi connectivity index (χ2n) is 6.13. The molecular formula is C17H15BCl2O3. The lowest BCUT2D eigenvalue weighted by atomic mass is 9.77. The van der Waals surface area contributed by atoms with Gasteiger partial charge in [0.25, 0.3) is 0 Å². The van der Waals surface area contributed by atoms with Gasteiger partial charge in [0.1, 0.15) is 0 Å². The van der Waals surface area contributed by atoms with E-state index in [1.807, 2.05) is 32.0 Å². The minimum atomic E-state index is -0.958. The molecule has 0 saturated carbocycles. The third kappa shape index (κ3) is 3.17. The zero-order valence-corrected chi connectivity index (χ0v) is 14.3. The van der Waals surface area contributed by atoms with Crippen molar-refractivity contribution < 1.29 is 14.5 Å². The molecule has 0 unspecified atom stereocenters. The first-order valence-electron chi connectivity index (χ1n) is 7.25. The highest BCUT2D eigenvalue weighted by atomic mass is 35.5. The van der Waals surface area contributed by atoms with Crippen molar-refractivity contribution in [3.63, 3.8) is 0 Å². The van der Waals surface area contributed by atoms with E-state index in [1.54, 1.807) is 18.2 Å². The summed E-state index contributed by atoms with van der Waals surface area (Å²) in [7, 11) is -0.958. The predicted molar refractivity (Wildman–Crippen MR) is 92.7 cm³/mol. The van der Waals surface area contributed by atoms with Crippen molar-refractivity contribution in [2.75, 3.05) is 0 Å². The Morgan fingerprint density at radius 1 is 1.17 bits per heavy atom. The van der Waals surface area contributed by atoms with Gasteiger partial charge in [-0.15, -0.1) is 0 Å². The van der Waals surface area contributed by atoms with E-state index >= 15 is 0 Å². The van der Waals surface area contributed by atoms with Crippen LogP contribution in [0.1, 0.15) is 35.3 Å². The highest BCUT2D eigenvalue weighted by Crippen LogP contribution is 2.30. The topological polar surface area (TPSA) is 46.5 Å². The summed E-state index contributed by atoms with van der Waals surface area (Å²) in [6.45, 7) is 3.81. The Kier molecular flexibility index (Phi) is 4.28. The van der Waals surface area contributed by atoms with Crippen LogP contribution < -0.4 is 5.46 Å². The number of benzene rings is 2. The van der Waals surface area contributed by atoms with Crippen LogP contribution in [0.2, 0.25) is 10.0 Å². The van der Waals surface area contributed by atoms with Crippen LogP contribution in [0.25, 0.3) is 0 Å². The number of hydrogen-bond donors (Lipinski definition) is 1. The zero-order chi connectivity index (χ0) is 16.8. The predicted octanol–water partition coefficient (Wildman–Crippen LogP) is 3.37. The molecule has 3 rings (SSSR count). The molecule has 23 heavy (non-hydrogen) atoms. The largest absolute Gasteiger partial charge is 0.492 e. The monoisotopic (exact) mass is 348 g/mol. The van der Waals surface area contributed by atoms with E-state index in [-0.39, 0.29) is 12.2 Å². The number of halogens is 2. The summed E-state index contributed by atoms with van der Waals surface area (Å²) in [5.41, 5.74) is 2.46. The van der Waals surface area contributed by atoms with Crippen LogP contribution in [-0.2, 0) is 16.7 Å². The van der Waals surface area contributed by atoms with Gasteiger partial charge in [0, 0.05) is 12.0 Å². The number of hydrogen-bond acceptors (Lipinski definition) is 3. The second-order valence-corrected chi connectivity index (χ2v) is 6.95. The van der Waals surface area contributed by atoms with Crippen LogP contribution in [0.15, 0.2) is 36.4 Å². The minimum absolute atomic E-state index is 0.0591. The van der Waals surface area contributed by atoms with Gasteiger partial charge in [0.15, 0.2) is 5.78 Å². The summed E-state index contributed by atoms with van der Waals surface area (Å²) in [4.78, 5) is 12.4. The second kappa shape index (κ2) is 5.95. The van der Waals surface area contributed by atoms with E-state index in [9.17, 15) is 9.82 Å². The van der Waals surface area contributed by atoms with Gasteiger partial charge in [-0.3, -0.25) is 4.79 Å². The maximum Gasteiger partial charge on any atom is 0.492 e. The van der Waals surface area contributed by atoms with Crippen LogP contribution in [0, 0.1) is 0 Å². The van der Waals surface area contributed by atoms with Crippen molar-refractivity contribution in [2.24, 2.45) is 0 Å². The van der Waals surface area contributed by atoms with E-state index < -0.39 is 12.7 Å². The molecule has 0 aromatic heterocycles. The van der Waals surface area contributed by atoms with E-state index in [4.69, 9.17) is 27.9 Å². The van der Waals surface area contributed by atoms with Crippen LogP contribution >= 0.6 is 23.2 Å². The molecule has 1 aliphatic rings. The molecule has 3 nitrogen and oxygen atoms in total. The van der Waals surface area contributed by atoms with Crippen molar-refractivity contribution >= 4 is 41.6 Å². The third-order valence-electron chi connectivity index (χ3n) is 4.04. The molecule has 0 bridgehead atoms. The Morgan fingerprint density at radius 3 is 2.61 bits per heavy atom. The molecule has 0 atom stereocenters. The number of carbonyl (C=O) groups excluding carboxylic acids is 1. The van der Waals surface area contributed by atoms with Crippen molar-refractivity contribution in [1.29, 1.82) is 0 Å². The Hall–Kier alpha value is -1.33. The fourth-order valence-electron chi connectivity index (χ4n) is 2.84. The minimum Gasteiger partial charge on any atom is -0.423 e. The highest BCUT2D eigenvalue weighted by molar-refractivity contribution is 6.62. The summed E-state index contributed by atoms with van der Waals surface area (Å²) in [6.07, 6.45) is 0.221. The van der Waals surface area contributed by atoms with Gasteiger partial charge in [0.05, 0.1) is 15.6 Å². The highest BCUT2D eigenvalue weighted by Gasteiger charge is 2.40. The normalized spacial score (nSPS) is 15.6. The molecule has 1 N–H and O–H groups in total. The van der Waals surface area contributed by atoms with Crippen LogP contribution in [0.3, 0.4) is 0 Å². The first-order chi connectivity index (χ1) is 10.8. The SMILES string of the molecule is CC1(C)OB(O)c2cc(CC(=O)c3ccc(Cl)c(Cl)c3)ccc21. The molecule has 0 radical (unpaired) electrons. The Morgan fingerprint density at radius 2 is 1.91 bits per heavy atom. The van der Waals surface area contributed by atoms with Gasteiger partial charge >= 0.3 is 7.12 Å². The lowest BCUT2D eigenvalue weighted by Crippen LogP contribution is -2.29. The van der Waals surface area contributed by atoms with Crippen molar-refractivity contribution in [3.8, 4) is 0 Å². The standard InChI is InChI=1S/C17H15BCl2O3/c1-17(2)12-5-3-10(7-13(12)18(22)23-17)8-16(21)11-4-6-14(19)15(20)9-11/h3-7,9,22H,8H2,1-2H3. The molecule has 2 aromatic carbocycles. The van der Waals surface area contributed by atoms with E-state index in [0.717, 1.165) is 16.6 Å². The lowest BCUT2D eigenvalue weighted by Gasteiger charge is -2.19. The maximum absolute atomic E-state index is 12.4. The molecule has 0 amide bonds. The molecule has 0 aliphatic carbocycles. The summed E-state index contributed by atoms with van der Waals surface area (Å²) < 4.78 is 5.53. The van der Waals surface area contributed by atoms with Crippen molar-refractivity contribution in [2.45, 2.75) is 25.9 Å².